The van der Waals surface area contributed by atoms with Gasteiger partial charge in [0.05, 0.1) is 11.3 Å². The van der Waals surface area contributed by atoms with Crippen LogP contribution in [-0.2, 0) is 6.54 Å². The van der Waals surface area contributed by atoms with Crippen LogP contribution in [0.3, 0.4) is 0 Å². The third-order valence-electron chi connectivity index (χ3n) is 3.62. The number of nitrogens with zero attached hydrogens (tertiary/aromatic N) is 2. The van der Waals surface area contributed by atoms with Gasteiger partial charge in [0.2, 0.25) is 0 Å². The highest BCUT2D eigenvalue weighted by Gasteiger charge is 2.21. The van der Waals surface area contributed by atoms with Gasteiger partial charge in [-0.05, 0) is 32.8 Å². The second kappa shape index (κ2) is 6.57. The predicted molar refractivity (Wildman–Crippen MR) is 84.3 cm³/mol. The van der Waals surface area contributed by atoms with Crippen LogP contribution in [0, 0.1) is 20.8 Å². The first kappa shape index (κ1) is 15.3. The van der Waals surface area contributed by atoms with Gasteiger partial charge < -0.3 is 4.90 Å². The number of benzene rings is 1. The zero-order valence-electron chi connectivity index (χ0n) is 13.2. The van der Waals surface area contributed by atoms with E-state index in [4.69, 9.17) is 0 Å². The molecule has 1 aromatic carbocycles. The summed E-state index contributed by atoms with van der Waals surface area (Å²) in [6, 6.07) is 8.33. The van der Waals surface area contributed by atoms with E-state index in [9.17, 15) is 4.79 Å². The predicted octanol–water partition coefficient (Wildman–Crippen LogP) is 3.39. The standard InChI is InChI=1S/C17H23N3O/c1-5-10-20(11-15-8-6-12(2)7-9-15)17(21)16-13(3)18-19-14(16)4/h6-9H,5,10-11H2,1-4H3,(H,18,19). The number of aromatic amines is 1. The number of aryl methyl sites for hydroxylation is 3. The molecule has 0 aliphatic rings. The Labute approximate surface area is 126 Å². The van der Waals surface area contributed by atoms with Gasteiger partial charge in [-0.3, -0.25) is 9.89 Å². The average molecular weight is 285 g/mol. The van der Waals surface area contributed by atoms with Crippen LogP contribution in [0.25, 0.3) is 0 Å². The molecule has 1 amide bonds. The van der Waals surface area contributed by atoms with E-state index >= 15 is 0 Å². The van der Waals surface area contributed by atoms with Gasteiger partial charge >= 0.3 is 0 Å². The Hall–Kier alpha value is -2.10. The van der Waals surface area contributed by atoms with E-state index < -0.39 is 0 Å². The fourth-order valence-electron chi connectivity index (χ4n) is 2.46. The zero-order chi connectivity index (χ0) is 15.4. The van der Waals surface area contributed by atoms with Gasteiger partial charge in [-0.15, -0.1) is 0 Å². The van der Waals surface area contributed by atoms with Gasteiger partial charge in [-0.25, -0.2) is 0 Å². The molecule has 0 aliphatic heterocycles. The summed E-state index contributed by atoms with van der Waals surface area (Å²) >= 11 is 0. The number of hydrogen-bond donors (Lipinski definition) is 1. The Morgan fingerprint density at radius 1 is 1.19 bits per heavy atom. The number of hydrogen-bond acceptors (Lipinski definition) is 2. The minimum Gasteiger partial charge on any atom is -0.334 e. The van der Waals surface area contributed by atoms with Crippen molar-refractivity contribution in [2.24, 2.45) is 0 Å². The Kier molecular flexibility index (Phi) is 4.78. The van der Waals surface area contributed by atoms with Crippen LogP contribution >= 0.6 is 0 Å². The van der Waals surface area contributed by atoms with Crippen molar-refractivity contribution in [3.05, 3.63) is 52.3 Å². The number of rotatable bonds is 5. The van der Waals surface area contributed by atoms with E-state index in [0.717, 1.165) is 29.9 Å². The quantitative estimate of drug-likeness (QED) is 0.915. The SMILES string of the molecule is CCCN(Cc1ccc(C)cc1)C(=O)c1c(C)n[nH]c1C. The summed E-state index contributed by atoms with van der Waals surface area (Å²) in [5.41, 5.74) is 4.69. The maximum Gasteiger partial charge on any atom is 0.257 e. The molecule has 21 heavy (non-hydrogen) atoms. The van der Waals surface area contributed by atoms with Gasteiger partial charge in [0.25, 0.3) is 5.91 Å². The van der Waals surface area contributed by atoms with Crippen molar-refractivity contribution >= 4 is 5.91 Å². The summed E-state index contributed by atoms with van der Waals surface area (Å²) in [6.45, 7) is 9.30. The van der Waals surface area contributed by atoms with Gasteiger partial charge in [-0.2, -0.15) is 5.10 Å². The number of H-pyrrole nitrogens is 1. The molecule has 0 aliphatic carbocycles. The van der Waals surface area contributed by atoms with Gasteiger partial charge in [0, 0.05) is 18.8 Å². The monoisotopic (exact) mass is 285 g/mol. The summed E-state index contributed by atoms with van der Waals surface area (Å²) in [4.78, 5) is 14.7. The van der Waals surface area contributed by atoms with Gasteiger partial charge in [-0.1, -0.05) is 36.8 Å². The molecule has 0 bridgehead atoms. The lowest BCUT2D eigenvalue weighted by Crippen LogP contribution is -2.32. The number of carbonyl (C=O) groups is 1. The molecule has 1 heterocycles. The smallest absolute Gasteiger partial charge is 0.257 e. The lowest BCUT2D eigenvalue weighted by atomic mass is 10.1. The Morgan fingerprint density at radius 2 is 1.86 bits per heavy atom. The maximum atomic E-state index is 12.8. The molecule has 1 N–H and O–H groups in total. The number of amides is 1. The maximum absolute atomic E-state index is 12.8. The topological polar surface area (TPSA) is 49.0 Å². The summed E-state index contributed by atoms with van der Waals surface area (Å²) in [5, 5.41) is 7.01. The van der Waals surface area contributed by atoms with E-state index in [2.05, 4.69) is 48.3 Å². The van der Waals surface area contributed by atoms with E-state index in [1.54, 1.807) is 0 Å². The number of aromatic nitrogens is 2. The summed E-state index contributed by atoms with van der Waals surface area (Å²) in [5.74, 6) is 0.0566. The first-order chi connectivity index (χ1) is 10.0. The molecule has 0 fully saturated rings. The molecule has 1 aromatic heterocycles. The summed E-state index contributed by atoms with van der Waals surface area (Å²) in [6.07, 6.45) is 0.938. The molecule has 2 rings (SSSR count). The van der Waals surface area contributed by atoms with Crippen molar-refractivity contribution in [1.82, 2.24) is 15.1 Å². The Morgan fingerprint density at radius 3 is 2.38 bits per heavy atom. The fourth-order valence-corrected chi connectivity index (χ4v) is 2.46. The molecule has 4 nitrogen and oxygen atoms in total. The van der Waals surface area contributed by atoms with Crippen molar-refractivity contribution in [3.8, 4) is 0 Å². The molecule has 4 heteroatoms. The molecular weight excluding hydrogens is 262 g/mol. The van der Waals surface area contributed by atoms with Crippen molar-refractivity contribution < 1.29 is 4.79 Å². The third kappa shape index (κ3) is 3.51. The number of nitrogens with one attached hydrogen (secondary N) is 1. The summed E-state index contributed by atoms with van der Waals surface area (Å²) < 4.78 is 0. The highest BCUT2D eigenvalue weighted by Crippen LogP contribution is 2.16. The van der Waals surface area contributed by atoms with Gasteiger partial charge in [0.1, 0.15) is 0 Å². The van der Waals surface area contributed by atoms with E-state index in [0.29, 0.717) is 12.1 Å². The Balaban J connectivity index is 2.22. The fraction of sp³-hybridized carbons (Fsp3) is 0.412. The van der Waals surface area contributed by atoms with E-state index in [1.165, 1.54) is 5.56 Å². The van der Waals surface area contributed by atoms with Crippen molar-refractivity contribution in [1.29, 1.82) is 0 Å². The molecule has 112 valence electrons. The van der Waals surface area contributed by atoms with Crippen LogP contribution in [0.2, 0.25) is 0 Å². The molecule has 0 atom stereocenters. The number of carbonyl (C=O) groups excluding carboxylic acids is 1. The van der Waals surface area contributed by atoms with Gasteiger partial charge in [0.15, 0.2) is 0 Å². The molecule has 0 saturated carbocycles. The lowest BCUT2D eigenvalue weighted by molar-refractivity contribution is 0.0742. The Bertz CT molecular complexity index is 594. The lowest BCUT2D eigenvalue weighted by Gasteiger charge is -2.22. The zero-order valence-corrected chi connectivity index (χ0v) is 13.2. The molecule has 0 spiro atoms. The van der Waals surface area contributed by atoms with Crippen LogP contribution in [0.15, 0.2) is 24.3 Å². The van der Waals surface area contributed by atoms with Crippen LogP contribution in [0.1, 0.15) is 46.2 Å². The normalized spacial score (nSPS) is 10.7. The summed E-state index contributed by atoms with van der Waals surface area (Å²) in [7, 11) is 0. The molecular formula is C17H23N3O. The minimum atomic E-state index is 0.0566. The van der Waals surface area contributed by atoms with Crippen LogP contribution in [0.5, 0.6) is 0 Å². The van der Waals surface area contributed by atoms with E-state index in [1.807, 2.05) is 18.7 Å². The van der Waals surface area contributed by atoms with Crippen LogP contribution in [-0.4, -0.2) is 27.5 Å². The first-order valence-electron chi connectivity index (χ1n) is 7.39. The van der Waals surface area contributed by atoms with E-state index in [-0.39, 0.29) is 5.91 Å². The molecule has 0 unspecified atom stereocenters. The van der Waals surface area contributed by atoms with Crippen LogP contribution < -0.4 is 0 Å². The first-order valence-corrected chi connectivity index (χ1v) is 7.39. The largest absolute Gasteiger partial charge is 0.334 e. The minimum absolute atomic E-state index is 0.0566. The van der Waals surface area contributed by atoms with Crippen LogP contribution in [0.4, 0.5) is 0 Å². The average Bonchev–Trinajstić information content (AvgIpc) is 2.79. The molecule has 0 saturated heterocycles. The highest BCUT2D eigenvalue weighted by molar-refractivity contribution is 5.96. The van der Waals surface area contributed by atoms with Crippen molar-refractivity contribution in [3.63, 3.8) is 0 Å². The second-order valence-corrected chi connectivity index (χ2v) is 5.52. The third-order valence-corrected chi connectivity index (χ3v) is 3.62. The molecule has 0 radical (unpaired) electrons. The molecule has 2 aromatic rings. The van der Waals surface area contributed by atoms with Crippen molar-refractivity contribution in [2.75, 3.05) is 6.54 Å². The van der Waals surface area contributed by atoms with Crippen molar-refractivity contribution in [2.45, 2.75) is 40.7 Å². The second-order valence-electron chi connectivity index (χ2n) is 5.52. The highest BCUT2D eigenvalue weighted by atomic mass is 16.2.